The fourth-order valence-corrected chi connectivity index (χ4v) is 3.61. The minimum Gasteiger partial charge on any atom is -0.487 e. The van der Waals surface area contributed by atoms with Gasteiger partial charge in [0.15, 0.2) is 0 Å². The zero-order valence-corrected chi connectivity index (χ0v) is 16.4. The van der Waals surface area contributed by atoms with Crippen LogP contribution in [0.2, 0.25) is 0 Å². The van der Waals surface area contributed by atoms with E-state index in [0.29, 0.717) is 12.1 Å². The van der Waals surface area contributed by atoms with Gasteiger partial charge in [0.05, 0.1) is 11.6 Å². The summed E-state index contributed by atoms with van der Waals surface area (Å²) in [6, 6.07) is 13.5. The molecule has 1 aliphatic heterocycles. The molecule has 0 saturated carbocycles. The highest BCUT2D eigenvalue weighted by molar-refractivity contribution is 5.88. The van der Waals surface area contributed by atoms with Gasteiger partial charge in [-0.25, -0.2) is 4.79 Å². The molecular formula is C22H28N2O3. The molecular weight excluding hydrogens is 340 g/mol. The normalized spacial score (nSPS) is 18.3. The molecule has 0 radical (unpaired) electrons. The molecule has 0 aromatic heterocycles. The first-order chi connectivity index (χ1) is 12.6. The van der Waals surface area contributed by atoms with E-state index >= 15 is 0 Å². The topological polar surface area (TPSA) is 84.6 Å². The largest absolute Gasteiger partial charge is 0.487 e. The highest BCUT2D eigenvalue weighted by atomic mass is 16.5. The Morgan fingerprint density at radius 2 is 2.04 bits per heavy atom. The molecule has 2 aromatic rings. The number of carbonyl (C=O) groups is 1. The SMILES string of the molecule is CC(C)(CN)Oc1cccc(C2Nc3ccc(C(=O)O)cc3CC2(C)C)c1. The van der Waals surface area contributed by atoms with Crippen LogP contribution in [0.5, 0.6) is 5.75 Å². The Morgan fingerprint density at radius 3 is 2.70 bits per heavy atom. The van der Waals surface area contributed by atoms with Crippen molar-refractivity contribution in [1.29, 1.82) is 0 Å². The minimum absolute atomic E-state index is 0.0882. The van der Waals surface area contributed by atoms with Crippen LogP contribution >= 0.6 is 0 Å². The predicted molar refractivity (Wildman–Crippen MR) is 107 cm³/mol. The van der Waals surface area contributed by atoms with Gasteiger partial charge >= 0.3 is 5.97 Å². The number of anilines is 1. The fourth-order valence-electron chi connectivity index (χ4n) is 3.61. The lowest BCUT2D eigenvalue weighted by Gasteiger charge is -2.41. The van der Waals surface area contributed by atoms with Crippen LogP contribution in [0.3, 0.4) is 0 Å². The molecule has 0 bridgehead atoms. The smallest absolute Gasteiger partial charge is 0.335 e. The zero-order valence-electron chi connectivity index (χ0n) is 16.4. The molecule has 4 N–H and O–H groups in total. The maximum Gasteiger partial charge on any atom is 0.335 e. The number of hydrogen-bond acceptors (Lipinski definition) is 4. The molecule has 2 aromatic carbocycles. The van der Waals surface area contributed by atoms with E-state index in [1.807, 2.05) is 32.0 Å². The van der Waals surface area contributed by atoms with Crippen molar-refractivity contribution in [3.63, 3.8) is 0 Å². The van der Waals surface area contributed by atoms with Crippen molar-refractivity contribution in [3.8, 4) is 5.75 Å². The standard InChI is InChI=1S/C22H28N2O3/c1-21(2)12-16-10-15(20(25)26)8-9-18(16)24-19(21)14-6-5-7-17(11-14)27-22(3,4)13-23/h5-11,19,24H,12-13,23H2,1-4H3,(H,25,26). The second kappa shape index (κ2) is 6.89. The van der Waals surface area contributed by atoms with Gasteiger partial charge in [0.25, 0.3) is 0 Å². The maximum atomic E-state index is 11.3. The highest BCUT2D eigenvalue weighted by Crippen LogP contribution is 2.45. The number of fused-ring (bicyclic) bond motifs is 1. The van der Waals surface area contributed by atoms with Gasteiger partial charge in [-0.05, 0) is 67.1 Å². The average Bonchev–Trinajstić information content (AvgIpc) is 2.59. The maximum absolute atomic E-state index is 11.3. The first-order valence-corrected chi connectivity index (χ1v) is 9.23. The van der Waals surface area contributed by atoms with Crippen LogP contribution in [0, 0.1) is 5.41 Å². The van der Waals surface area contributed by atoms with Crippen molar-refractivity contribution in [2.75, 3.05) is 11.9 Å². The molecule has 3 rings (SSSR count). The molecule has 1 aliphatic rings. The van der Waals surface area contributed by atoms with Gasteiger partial charge in [-0.2, -0.15) is 0 Å². The summed E-state index contributed by atoms with van der Waals surface area (Å²) in [5.74, 6) is -0.0994. The van der Waals surface area contributed by atoms with Crippen molar-refractivity contribution < 1.29 is 14.6 Å². The molecule has 0 fully saturated rings. The number of benzene rings is 2. The summed E-state index contributed by atoms with van der Waals surface area (Å²) in [5, 5.41) is 12.8. The van der Waals surface area contributed by atoms with Gasteiger partial charge in [-0.1, -0.05) is 26.0 Å². The number of rotatable bonds is 5. The van der Waals surface area contributed by atoms with Crippen LogP contribution in [0.15, 0.2) is 42.5 Å². The minimum atomic E-state index is -0.898. The summed E-state index contributed by atoms with van der Waals surface area (Å²) in [6.45, 7) is 8.76. The van der Waals surface area contributed by atoms with E-state index in [4.69, 9.17) is 10.5 Å². The second-order valence-electron chi connectivity index (χ2n) is 8.56. The monoisotopic (exact) mass is 368 g/mol. The molecule has 5 heteroatoms. The quantitative estimate of drug-likeness (QED) is 0.735. The van der Waals surface area contributed by atoms with E-state index in [2.05, 4.69) is 31.3 Å². The molecule has 1 heterocycles. The van der Waals surface area contributed by atoms with Crippen molar-refractivity contribution in [2.24, 2.45) is 11.1 Å². The number of carboxylic acids is 1. The first kappa shape index (κ1) is 19.2. The van der Waals surface area contributed by atoms with Crippen molar-refractivity contribution in [2.45, 2.75) is 45.8 Å². The average molecular weight is 368 g/mol. The van der Waals surface area contributed by atoms with Crippen LogP contribution in [0.4, 0.5) is 5.69 Å². The van der Waals surface area contributed by atoms with Crippen LogP contribution in [-0.4, -0.2) is 23.2 Å². The number of hydrogen-bond donors (Lipinski definition) is 3. The number of aromatic carboxylic acids is 1. The first-order valence-electron chi connectivity index (χ1n) is 9.23. The van der Waals surface area contributed by atoms with Crippen molar-refractivity contribution in [3.05, 3.63) is 59.2 Å². The van der Waals surface area contributed by atoms with E-state index < -0.39 is 11.6 Å². The molecule has 0 amide bonds. The Morgan fingerprint density at radius 1 is 1.30 bits per heavy atom. The van der Waals surface area contributed by atoms with E-state index in [9.17, 15) is 9.90 Å². The Labute approximate surface area is 160 Å². The highest BCUT2D eigenvalue weighted by Gasteiger charge is 2.36. The third kappa shape index (κ3) is 4.08. The molecule has 0 saturated heterocycles. The van der Waals surface area contributed by atoms with Gasteiger partial charge in [0.2, 0.25) is 0 Å². The molecule has 1 unspecified atom stereocenters. The summed E-state index contributed by atoms with van der Waals surface area (Å²) in [6.07, 6.45) is 0.792. The Bertz CT molecular complexity index is 858. The predicted octanol–water partition coefficient (Wildman–Crippen LogP) is 4.24. The number of ether oxygens (including phenoxy) is 1. The summed E-state index contributed by atoms with van der Waals surface area (Å²) >= 11 is 0. The summed E-state index contributed by atoms with van der Waals surface area (Å²) in [5.41, 5.74) is 8.75. The number of carboxylic acid groups (broad SMARTS) is 1. The third-order valence-electron chi connectivity index (χ3n) is 5.16. The molecule has 144 valence electrons. The van der Waals surface area contributed by atoms with E-state index in [-0.39, 0.29) is 11.5 Å². The lowest BCUT2D eigenvalue weighted by Crippen LogP contribution is -2.37. The van der Waals surface area contributed by atoms with Crippen LogP contribution < -0.4 is 15.8 Å². The van der Waals surface area contributed by atoms with Crippen LogP contribution in [0.1, 0.15) is 55.2 Å². The van der Waals surface area contributed by atoms with Crippen molar-refractivity contribution in [1.82, 2.24) is 0 Å². The Hall–Kier alpha value is -2.53. The zero-order chi connectivity index (χ0) is 19.8. The van der Waals surface area contributed by atoms with E-state index in [0.717, 1.165) is 29.0 Å². The molecule has 27 heavy (non-hydrogen) atoms. The molecule has 1 atom stereocenters. The van der Waals surface area contributed by atoms with Crippen molar-refractivity contribution >= 4 is 11.7 Å². The number of nitrogens with one attached hydrogen (secondary N) is 1. The van der Waals surface area contributed by atoms with Crippen LogP contribution in [-0.2, 0) is 6.42 Å². The lowest BCUT2D eigenvalue weighted by molar-refractivity contribution is 0.0696. The second-order valence-corrected chi connectivity index (χ2v) is 8.56. The number of nitrogens with two attached hydrogens (primary N) is 1. The molecule has 0 spiro atoms. The van der Waals surface area contributed by atoms with Gasteiger partial charge in [0.1, 0.15) is 11.4 Å². The van der Waals surface area contributed by atoms with Crippen LogP contribution in [0.25, 0.3) is 0 Å². The summed E-state index contributed by atoms with van der Waals surface area (Å²) in [7, 11) is 0. The lowest BCUT2D eigenvalue weighted by atomic mass is 9.72. The summed E-state index contributed by atoms with van der Waals surface area (Å²) < 4.78 is 6.04. The Kier molecular flexibility index (Phi) is 4.91. The molecule has 0 aliphatic carbocycles. The Balaban J connectivity index is 1.92. The summed E-state index contributed by atoms with van der Waals surface area (Å²) in [4.78, 5) is 11.3. The molecule has 5 nitrogen and oxygen atoms in total. The van der Waals surface area contributed by atoms with E-state index in [1.54, 1.807) is 12.1 Å². The van der Waals surface area contributed by atoms with E-state index in [1.165, 1.54) is 0 Å². The van der Waals surface area contributed by atoms with Gasteiger partial charge < -0.3 is 20.9 Å². The fraction of sp³-hybridized carbons (Fsp3) is 0.409. The van der Waals surface area contributed by atoms with Gasteiger partial charge in [0, 0.05) is 12.2 Å². The van der Waals surface area contributed by atoms with Gasteiger partial charge in [-0.15, -0.1) is 0 Å². The third-order valence-corrected chi connectivity index (χ3v) is 5.16. The van der Waals surface area contributed by atoms with Gasteiger partial charge in [-0.3, -0.25) is 0 Å².